The monoisotopic (exact) mass is 270 g/mol. The molecule has 1 aromatic heterocycles. The van der Waals surface area contributed by atoms with E-state index in [-0.39, 0.29) is 0 Å². The highest BCUT2D eigenvalue weighted by Crippen LogP contribution is 2.31. The number of aryl methyl sites for hydroxylation is 1. The van der Waals surface area contributed by atoms with Gasteiger partial charge in [0.05, 0.1) is 11.8 Å². The Kier molecular flexibility index (Phi) is 3.72. The van der Waals surface area contributed by atoms with Crippen LogP contribution in [0.2, 0.25) is 10.0 Å². The van der Waals surface area contributed by atoms with Crippen LogP contribution in [0.15, 0.2) is 30.5 Å². The average Bonchev–Trinajstić information content (AvgIpc) is 2.63. The first-order chi connectivity index (χ1) is 8.08. The first-order valence-electron chi connectivity index (χ1n) is 5.18. The number of aliphatic hydroxyl groups excluding tert-OH is 1. The Morgan fingerprint density at radius 3 is 2.47 bits per heavy atom. The van der Waals surface area contributed by atoms with E-state index in [1.807, 2.05) is 19.3 Å². The van der Waals surface area contributed by atoms with Crippen LogP contribution in [0.25, 0.3) is 0 Å². The molecule has 2 aromatic rings. The van der Waals surface area contributed by atoms with Gasteiger partial charge in [-0.2, -0.15) is 5.10 Å². The average molecular weight is 271 g/mol. The van der Waals surface area contributed by atoms with E-state index in [1.165, 1.54) is 0 Å². The smallest absolute Gasteiger partial charge is 0.0875 e. The molecule has 0 radical (unpaired) electrons. The third-order valence-electron chi connectivity index (χ3n) is 2.50. The van der Waals surface area contributed by atoms with Crippen LogP contribution in [0.5, 0.6) is 0 Å². The molecule has 1 unspecified atom stereocenters. The third kappa shape index (κ3) is 2.80. The Morgan fingerprint density at radius 1 is 1.29 bits per heavy atom. The summed E-state index contributed by atoms with van der Waals surface area (Å²) in [6.45, 7) is 0. The minimum Gasteiger partial charge on any atom is -0.388 e. The molecule has 0 aliphatic rings. The highest BCUT2D eigenvalue weighted by atomic mass is 35.5. The van der Waals surface area contributed by atoms with Crippen LogP contribution in [0.4, 0.5) is 0 Å². The summed E-state index contributed by atoms with van der Waals surface area (Å²) in [6.07, 6.45) is 1.48. The van der Waals surface area contributed by atoms with Crippen molar-refractivity contribution in [3.05, 3.63) is 51.8 Å². The molecule has 3 nitrogen and oxygen atoms in total. The van der Waals surface area contributed by atoms with Crippen LogP contribution in [0, 0.1) is 0 Å². The lowest BCUT2D eigenvalue weighted by Gasteiger charge is -2.13. The molecule has 1 aromatic carbocycles. The number of aliphatic hydroxyl groups is 1. The summed E-state index contributed by atoms with van der Waals surface area (Å²) in [5, 5.41) is 15.3. The predicted molar refractivity (Wildman–Crippen MR) is 68.3 cm³/mol. The number of aromatic nitrogens is 2. The van der Waals surface area contributed by atoms with Crippen molar-refractivity contribution in [2.75, 3.05) is 0 Å². The summed E-state index contributed by atoms with van der Waals surface area (Å²) in [4.78, 5) is 0. The summed E-state index contributed by atoms with van der Waals surface area (Å²) in [6, 6.07) is 7.03. The molecule has 1 N–H and O–H groups in total. The van der Waals surface area contributed by atoms with Gasteiger partial charge in [0.25, 0.3) is 0 Å². The molecule has 1 heterocycles. The lowest BCUT2D eigenvalue weighted by Crippen LogP contribution is -2.04. The van der Waals surface area contributed by atoms with Crippen LogP contribution in [0.3, 0.4) is 0 Å². The van der Waals surface area contributed by atoms with E-state index in [2.05, 4.69) is 5.10 Å². The zero-order valence-corrected chi connectivity index (χ0v) is 10.8. The molecule has 0 amide bonds. The van der Waals surface area contributed by atoms with Gasteiger partial charge in [0.15, 0.2) is 0 Å². The summed E-state index contributed by atoms with van der Waals surface area (Å²) < 4.78 is 1.69. The third-order valence-corrected chi connectivity index (χ3v) is 3.16. The first kappa shape index (κ1) is 12.4. The molecular weight excluding hydrogens is 259 g/mol. The summed E-state index contributed by atoms with van der Waals surface area (Å²) in [5.74, 6) is 0. The molecule has 5 heteroatoms. The predicted octanol–water partition coefficient (Wildman–Crippen LogP) is 3.00. The lowest BCUT2D eigenvalue weighted by atomic mass is 10.0. The summed E-state index contributed by atoms with van der Waals surface area (Å²) in [7, 11) is 1.83. The maximum Gasteiger partial charge on any atom is 0.0875 e. The van der Waals surface area contributed by atoms with E-state index < -0.39 is 6.10 Å². The van der Waals surface area contributed by atoms with E-state index in [0.717, 1.165) is 5.69 Å². The van der Waals surface area contributed by atoms with Crippen molar-refractivity contribution in [3.8, 4) is 0 Å². The molecule has 17 heavy (non-hydrogen) atoms. The van der Waals surface area contributed by atoms with Gasteiger partial charge in [-0.25, -0.2) is 0 Å². The minimum atomic E-state index is -0.744. The highest BCUT2D eigenvalue weighted by molar-refractivity contribution is 6.36. The normalized spacial score (nSPS) is 12.7. The van der Waals surface area contributed by atoms with Gasteiger partial charge >= 0.3 is 0 Å². The van der Waals surface area contributed by atoms with Gasteiger partial charge in [-0.15, -0.1) is 0 Å². The molecule has 0 aliphatic heterocycles. The Labute approximate surface area is 110 Å². The van der Waals surface area contributed by atoms with E-state index in [0.29, 0.717) is 22.0 Å². The van der Waals surface area contributed by atoms with Gasteiger partial charge in [0.1, 0.15) is 0 Å². The molecule has 0 aliphatic carbocycles. The van der Waals surface area contributed by atoms with Crippen molar-refractivity contribution < 1.29 is 5.11 Å². The first-order valence-corrected chi connectivity index (χ1v) is 5.94. The van der Waals surface area contributed by atoms with Gasteiger partial charge in [-0.3, -0.25) is 4.68 Å². The molecule has 0 saturated heterocycles. The van der Waals surface area contributed by atoms with Crippen LogP contribution in [0.1, 0.15) is 17.4 Å². The fourth-order valence-electron chi connectivity index (χ4n) is 1.70. The molecule has 2 rings (SSSR count). The minimum absolute atomic E-state index is 0.393. The van der Waals surface area contributed by atoms with E-state index >= 15 is 0 Å². The van der Waals surface area contributed by atoms with Crippen molar-refractivity contribution in [2.24, 2.45) is 7.05 Å². The molecule has 0 spiro atoms. The van der Waals surface area contributed by atoms with Crippen molar-refractivity contribution in [1.29, 1.82) is 0 Å². The quantitative estimate of drug-likeness (QED) is 0.931. The van der Waals surface area contributed by atoms with Gasteiger partial charge in [-0.05, 0) is 18.2 Å². The molecule has 1 atom stereocenters. The van der Waals surface area contributed by atoms with E-state index in [9.17, 15) is 5.11 Å². The van der Waals surface area contributed by atoms with Crippen LogP contribution in [-0.2, 0) is 13.5 Å². The number of halogens is 2. The van der Waals surface area contributed by atoms with Crippen molar-refractivity contribution in [1.82, 2.24) is 9.78 Å². The second kappa shape index (κ2) is 5.08. The van der Waals surface area contributed by atoms with Crippen LogP contribution in [-0.4, -0.2) is 14.9 Å². The van der Waals surface area contributed by atoms with E-state index in [1.54, 1.807) is 22.9 Å². The number of hydrogen-bond acceptors (Lipinski definition) is 2. The number of hydrogen-bond donors (Lipinski definition) is 1. The van der Waals surface area contributed by atoms with Crippen molar-refractivity contribution in [2.45, 2.75) is 12.5 Å². The molecule has 0 bridgehead atoms. The highest BCUT2D eigenvalue weighted by Gasteiger charge is 2.16. The molecule has 90 valence electrons. The van der Waals surface area contributed by atoms with Gasteiger partial charge < -0.3 is 5.11 Å². The topological polar surface area (TPSA) is 38.0 Å². The fourth-order valence-corrected chi connectivity index (χ4v) is 2.35. The largest absolute Gasteiger partial charge is 0.388 e. The zero-order valence-electron chi connectivity index (χ0n) is 9.27. The van der Waals surface area contributed by atoms with Crippen LogP contribution >= 0.6 is 23.2 Å². The Balaban J connectivity index is 2.22. The number of nitrogens with zero attached hydrogens (tertiary/aromatic N) is 2. The molecule has 0 saturated carbocycles. The van der Waals surface area contributed by atoms with Gasteiger partial charge in [0.2, 0.25) is 0 Å². The standard InChI is InChI=1S/C12H12Cl2N2O/c1-16-6-5-8(15-16)7-11(17)12-9(13)3-2-4-10(12)14/h2-6,11,17H,7H2,1H3. The molecular formula is C12H12Cl2N2O. The maximum absolute atomic E-state index is 10.1. The number of benzene rings is 1. The molecule has 0 fully saturated rings. The van der Waals surface area contributed by atoms with E-state index in [4.69, 9.17) is 23.2 Å². The fraction of sp³-hybridized carbons (Fsp3) is 0.250. The Hall–Kier alpha value is -1.03. The Morgan fingerprint density at radius 2 is 1.94 bits per heavy atom. The SMILES string of the molecule is Cn1ccc(CC(O)c2c(Cl)cccc2Cl)n1. The Bertz CT molecular complexity index is 505. The van der Waals surface area contributed by atoms with Crippen LogP contribution < -0.4 is 0 Å². The van der Waals surface area contributed by atoms with Gasteiger partial charge in [-0.1, -0.05) is 29.3 Å². The van der Waals surface area contributed by atoms with Crippen molar-refractivity contribution in [3.63, 3.8) is 0 Å². The summed E-state index contributed by atoms with van der Waals surface area (Å²) >= 11 is 12.1. The second-order valence-electron chi connectivity index (χ2n) is 3.84. The zero-order chi connectivity index (χ0) is 12.4. The second-order valence-corrected chi connectivity index (χ2v) is 4.65. The van der Waals surface area contributed by atoms with Gasteiger partial charge in [0, 0.05) is 35.3 Å². The lowest BCUT2D eigenvalue weighted by molar-refractivity contribution is 0.177. The van der Waals surface area contributed by atoms with Crippen molar-refractivity contribution >= 4 is 23.2 Å². The maximum atomic E-state index is 10.1. The number of rotatable bonds is 3. The summed E-state index contributed by atoms with van der Waals surface area (Å²) in [5.41, 5.74) is 1.36.